The first-order valence-corrected chi connectivity index (χ1v) is 13.2. The SMILES string of the molecule is CCCCCCC(O)CCC(=O)OCC(CO)(COC(=O)CCCCC)COC(=O)CCCCO. The normalized spacial score (nSPS) is 13.6. The van der Waals surface area contributed by atoms with E-state index >= 15 is 0 Å². The molecule has 0 amide bonds. The molecule has 0 aromatic carbocycles. The third-order valence-corrected chi connectivity index (χ3v) is 5.80. The number of aliphatic hydroxyl groups excluding tert-OH is 3. The highest BCUT2D eigenvalue weighted by atomic mass is 16.6. The van der Waals surface area contributed by atoms with Crippen LogP contribution in [0.5, 0.6) is 0 Å². The van der Waals surface area contributed by atoms with E-state index in [1.54, 1.807) is 0 Å². The third-order valence-electron chi connectivity index (χ3n) is 5.80. The van der Waals surface area contributed by atoms with Gasteiger partial charge in [-0.3, -0.25) is 14.4 Å². The Hall–Kier alpha value is -1.71. The van der Waals surface area contributed by atoms with Gasteiger partial charge in [0.15, 0.2) is 0 Å². The Bertz CT molecular complexity index is 539. The highest BCUT2D eigenvalue weighted by molar-refractivity contribution is 5.70. The summed E-state index contributed by atoms with van der Waals surface area (Å²) in [6.07, 6.45) is 8.37. The molecule has 0 spiro atoms. The van der Waals surface area contributed by atoms with Gasteiger partial charge in [-0.25, -0.2) is 0 Å². The summed E-state index contributed by atoms with van der Waals surface area (Å²) in [7, 11) is 0. The average molecular weight is 505 g/mol. The van der Waals surface area contributed by atoms with Crippen LogP contribution in [-0.2, 0) is 28.6 Å². The van der Waals surface area contributed by atoms with E-state index in [1.807, 2.05) is 6.92 Å². The van der Waals surface area contributed by atoms with Gasteiger partial charge in [0.25, 0.3) is 0 Å². The first kappa shape index (κ1) is 33.3. The maximum Gasteiger partial charge on any atom is 0.305 e. The fourth-order valence-corrected chi connectivity index (χ4v) is 3.32. The lowest BCUT2D eigenvalue weighted by Gasteiger charge is -2.30. The second-order valence-corrected chi connectivity index (χ2v) is 9.32. The lowest BCUT2D eigenvalue weighted by Crippen LogP contribution is -2.42. The molecular weight excluding hydrogens is 456 g/mol. The van der Waals surface area contributed by atoms with Gasteiger partial charge >= 0.3 is 17.9 Å². The van der Waals surface area contributed by atoms with Crippen LogP contribution in [0.2, 0.25) is 0 Å². The Morgan fingerprint density at radius 1 is 0.657 bits per heavy atom. The minimum Gasteiger partial charge on any atom is -0.465 e. The van der Waals surface area contributed by atoms with Crippen LogP contribution in [0.25, 0.3) is 0 Å². The molecule has 0 aliphatic carbocycles. The molecule has 0 aliphatic heterocycles. The fraction of sp³-hybridized carbons (Fsp3) is 0.885. The van der Waals surface area contributed by atoms with Gasteiger partial charge < -0.3 is 29.5 Å². The Labute approximate surface area is 210 Å². The lowest BCUT2D eigenvalue weighted by molar-refractivity contribution is -0.165. The van der Waals surface area contributed by atoms with E-state index in [9.17, 15) is 24.6 Å². The number of esters is 3. The zero-order chi connectivity index (χ0) is 26.4. The number of unbranched alkanes of at least 4 members (excludes halogenated alkanes) is 6. The van der Waals surface area contributed by atoms with Crippen LogP contribution in [0, 0.1) is 5.41 Å². The number of carbonyl (C=O) groups is 3. The molecule has 0 heterocycles. The van der Waals surface area contributed by atoms with Crippen LogP contribution in [-0.4, -0.2) is 72.4 Å². The van der Waals surface area contributed by atoms with Crippen LogP contribution in [0.4, 0.5) is 0 Å². The molecule has 0 rings (SSSR count). The molecule has 2 atom stereocenters. The largest absolute Gasteiger partial charge is 0.465 e. The molecule has 206 valence electrons. The molecule has 0 aromatic rings. The average Bonchev–Trinajstić information content (AvgIpc) is 2.85. The van der Waals surface area contributed by atoms with Crippen molar-refractivity contribution in [3.63, 3.8) is 0 Å². The lowest BCUT2D eigenvalue weighted by atomic mass is 9.92. The first-order valence-electron chi connectivity index (χ1n) is 13.2. The Morgan fingerprint density at radius 3 is 1.63 bits per heavy atom. The van der Waals surface area contributed by atoms with Gasteiger partial charge in [-0.2, -0.15) is 0 Å². The maximum absolute atomic E-state index is 12.3. The van der Waals surface area contributed by atoms with Crippen molar-refractivity contribution in [2.75, 3.05) is 33.0 Å². The van der Waals surface area contributed by atoms with E-state index in [1.165, 1.54) is 0 Å². The van der Waals surface area contributed by atoms with Crippen molar-refractivity contribution in [2.24, 2.45) is 5.41 Å². The standard InChI is InChI=1S/C26H48O9/c1-3-5-7-9-12-22(29)15-16-25(32)35-21-26(18-28,19-33-23(30)13-8-6-4-2)20-34-24(31)14-10-11-17-27/h22,27-29H,3-21H2,1-2H3. The van der Waals surface area contributed by atoms with Crippen molar-refractivity contribution in [2.45, 2.75) is 110 Å². The van der Waals surface area contributed by atoms with Crippen molar-refractivity contribution < 1.29 is 43.9 Å². The summed E-state index contributed by atoms with van der Waals surface area (Å²) >= 11 is 0. The second-order valence-electron chi connectivity index (χ2n) is 9.32. The van der Waals surface area contributed by atoms with Crippen LogP contribution < -0.4 is 0 Å². The number of hydrogen-bond acceptors (Lipinski definition) is 9. The van der Waals surface area contributed by atoms with Crippen molar-refractivity contribution in [1.82, 2.24) is 0 Å². The van der Waals surface area contributed by atoms with E-state index in [0.29, 0.717) is 25.7 Å². The molecule has 0 fully saturated rings. The molecule has 9 nitrogen and oxygen atoms in total. The Kier molecular flexibility index (Phi) is 20.5. The number of rotatable bonds is 23. The molecule has 0 saturated carbocycles. The van der Waals surface area contributed by atoms with Crippen LogP contribution in [0.3, 0.4) is 0 Å². The number of aliphatic hydroxyl groups is 3. The molecule has 9 heteroatoms. The van der Waals surface area contributed by atoms with E-state index in [0.717, 1.165) is 38.5 Å². The molecule has 3 N–H and O–H groups in total. The molecule has 0 bridgehead atoms. The molecule has 2 unspecified atom stereocenters. The van der Waals surface area contributed by atoms with Gasteiger partial charge in [0, 0.05) is 25.9 Å². The van der Waals surface area contributed by atoms with Crippen LogP contribution in [0.15, 0.2) is 0 Å². The van der Waals surface area contributed by atoms with Crippen LogP contribution in [0.1, 0.15) is 104 Å². The van der Waals surface area contributed by atoms with E-state index in [-0.39, 0.29) is 52.1 Å². The number of hydrogen-bond donors (Lipinski definition) is 3. The van der Waals surface area contributed by atoms with Crippen molar-refractivity contribution in [3.8, 4) is 0 Å². The van der Waals surface area contributed by atoms with Crippen molar-refractivity contribution in [3.05, 3.63) is 0 Å². The van der Waals surface area contributed by atoms with Crippen molar-refractivity contribution in [1.29, 1.82) is 0 Å². The highest BCUT2D eigenvalue weighted by Gasteiger charge is 2.35. The van der Waals surface area contributed by atoms with Gasteiger partial charge in [0.1, 0.15) is 19.8 Å². The summed E-state index contributed by atoms with van der Waals surface area (Å²) in [5, 5.41) is 29.0. The zero-order valence-electron chi connectivity index (χ0n) is 21.8. The summed E-state index contributed by atoms with van der Waals surface area (Å²) in [6.45, 7) is 2.77. The minimum atomic E-state index is -1.28. The minimum absolute atomic E-state index is 0.0220. The zero-order valence-corrected chi connectivity index (χ0v) is 21.8. The molecule has 35 heavy (non-hydrogen) atoms. The number of ether oxygens (including phenoxy) is 3. The Morgan fingerprint density at radius 2 is 1.14 bits per heavy atom. The first-order chi connectivity index (χ1) is 16.8. The van der Waals surface area contributed by atoms with Crippen molar-refractivity contribution >= 4 is 17.9 Å². The summed E-state index contributed by atoms with van der Waals surface area (Å²) in [5.41, 5.74) is -1.28. The summed E-state index contributed by atoms with van der Waals surface area (Å²) in [4.78, 5) is 36.3. The third kappa shape index (κ3) is 18.3. The van der Waals surface area contributed by atoms with Gasteiger partial charge in [-0.05, 0) is 32.1 Å². The van der Waals surface area contributed by atoms with Gasteiger partial charge in [0.2, 0.25) is 0 Å². The highest BCUT2D eigenvalue weighted by Crippen LogP contribution is 2.21. The quantitative estimate of drug-likeness (QED) is 0.108. The Balaban J connectivity index is 4.80. The van der Waals surface area contributed by atoms with E-state index in [4.69, 9.17) is 19.3 Å². The maximum atomic E-state index is 12.3. The molecule has 0 aromatic heterocycles. The smallest absolute Gasteiger partial charge is 0.305 e. The van der Waals surface area contributed by atoms with Gasteiger partial charge in [0.05, 0.1) is 18.1 Å². The molecule has 0 radical (unpaired) electrons. The fourth-order valence-electron chi connectivity index (χ4n) is 3.32. The summed E-state index contributed by atoms with van der Waals surface area (Å²) in [5.74, 6) is -1.48. The predicted molar refractivity (Wildman–Crippen MR) is 131 cm³/mol. The topological polar surface area (TPSA) is 140 Å². The molecular formula is C26H48O9. The monoisotopic (exact) mass is 504 g/mol. The summed E-state index contributed by atoms with van der Waals surface area (Å²) < 4.78 is 15.9. The number of carbonyl (C=O) groups excluding carboxylic acids is 3. The summed E-state index contributed by atoms with van der Waals surface area (Å²) in [6, 6.07) is 0. The molecule has 0 saturated heterocycles. The van der Waals surface area contributed by atoms with Gasteiger partial charge in [-0.15, -0.1) is 0 Å². The van der Waals surface area contributed by atoms with Crippen LogP contribution >= 0.6 is 0 Å². The van der Waals surface area contributed by atoms with E-state index in [2.05, 4.69) is 6.92 Å². The predicted octanol–water partition coefficient (Wildman–Crippen LogP) is 3.45. The second kappa shape index (κ2) is 21.6. The van der Waals surface area contributed by atoms with Gasteiger partial charge in [-0.1, -0.05) is 52.4 Å². The van der Waals surface area contributed by atoms with E-state index < -0.39 is 36.0 Å². The molecule has 0 aliphatic rings.